The minimum atomic E-state index is -0.732. The summed E-state index contributed by atoms with van der Waals surface area (Å²) >= 11 is 0. The normalized spacial score (nSPS) is 14.2. The van der Waals surface area contributed by atoms with Crippen LogP contribution in [0.5, 0.6) is 0 Å². The van der Waals surface area contributed by atoms with Gasteiger partial charge in [-0.25, -0.2) is 4.79 Å². The molecule has 0 aromatic rings. The first kappa shape index (κ1) is 15.1. The summed E-state index contributed by atoms with van der Waals surface area (Å²) in [5.41, 5.74) is -0.349. The van der Waals surface area contributed by atoms with E-state index in [9.17, 15) is 9.90 Å². The lowest BCUT2D eigenvalue weighted by molar-refractivity contribution is -0.138. The highest BCUT2D eigenvalue weighted by Crippen LogP contribution is 2.09. The van der Waals surface area contributed by atoms with Crippen molar-refractivity contribution in [1.29, 1.82) is 0 Å². The molecule has 0 bridgehead atoms. The first-order valence-corrected chi connectivity index (χ1v) is 5.71. The second kappa shape index (κ2) is 7.41. The molecule has 0 aliphatic heterocycles. The SMILES string of the molecule is C=C(CNCC(C)(O)CCC)C(=O)OCC. The van der Waals surface area contributed by atoms with Gasteiger partial charge in [0, 0.05) is 18.7 Å². The van der Waals surface area contributed by atoms with E-state index >= 15 is 0 Å². The number of rotatable bonds is 8. The molecule has 0 aliphatic carbocycles. The maximum Gasteiger partial charge on any atom is 0.334 e. The molecule has 0 heterocycles. The van der Waals surface area contributed by atoms with Gasteiger partial charge in [-0.3, -0.25) is 0 Å². The summed E-state index contributed by atoms with van der Waals surface area (Å²) in [6.45, 7) is 10.3. The van der Waals surface area contributed by atoms with Crippen molar-refractivity contribution in [2.75, 3.05) is 19.7 Å². The number of aliphatic hydroxyl groups is 1. The molecular formula is C12H23NO3. The molecule has 0 saturated carbocycles. The predicted octanol–water partition coefficient (Wildman–Crippen LogP) is 1.25. The van der Waals surface area contributed by atoms with Crippen molar-refractivity contribution >= 4 is 5.97 Å². The molecule has 4 nitrogen and oxygen atoms in total. The third-order valence-corrected chi connectivity index (χ3v) is 2.20. The molecule has 16 heavy (non-hydrogen) atoms. The molecule has 94 valence electrons. The van der Waals surface area contributed by atoms with E-state index in [2.05, 4.69) is 11.9 Å². The van der Waals surface area contributed by atoms with Gasteiger partial charge in [0.25, 0.3) is 0 Å². The molecule has 1 atom stereocenters. The van der Waals surface area contributed by atoms with Gasteiger partial charge in [0.05, 0.1) is 12.2 Å². The Labute approximate surface area is 97.7 Å². The van der Waals surface area contributed by atoms with Crippen LogP contribution in [-0.2, 0) is 9.53 Å². The first-order valence-electron chi connectivity index (χ1n) is 5.71. The van der Waals surface area contributed by atoms with Crippen molar-refractivity contribution in [3.8, 4) is 0 Å². The lowest BCUT2D eigenvalue weighted by Gasteiger charge is -2.23. The fourth-order valence-electron chi connectivity index (χ4n) is 1.41. The Balaban J connectivity index is 3.81. The van der Waals surface area contributed by atoms with Crippen LogP contribution in [0.2, 0.25) is 0 Å². The zero-order chi connectivity index (χ0) is 12.6. The van der Waals surface area contributed by atoms with E-state index in [0.29, 0.717) is 25.3 Å². The number of hydrogen-bond donors (Lipinski definition) is 2. The molecule has 0 rings (SSSR count). The molecule has 0 aromatic heterocycles. The average molecular weight is 229 g/mol. The molecule has 0 fully saturated rings. The van der Waals surface area contributed by atoms with E-state index in [4.69, 9.17) is 4.74 Å². The summed E-state index contributed by atoms with van der Waals surface area (Å²) in [6.07, 6.45) is 1.65. The van der Waals surface area contributed by atoms with Crippen LogP contribution < -0.4 is 5.32 Å². The zero-order valence-electron chi connectivity index (χ0n) is 10.5. The van der Waals surface area contributed by atoms with Crippen molar-refractivity contribution in [3.63, 3.8) is 0 Å². The summed E-state index contributed by atoms with van der Waals surface area (Å²) in [6, 6.07) is 0. The minimum absolute atomic E-state index is 0.346. The van der Waals surface area contributed by atoms with Gasteiger partial charge in [-0.2, -0.15) is 0 Å². The average Bonchev–Trinajstić information content (AvgIpc) is 2.17. The summed E-state index contributed by atoms with van der Waals surface area (Å²) in [5.74, 6) is -0.384. The van der Waals surface area contributed by atoms with Crippen LogP contribution in [0.1, 0.15) is 33.6 Å². The Kier molecular flexibility index (Phi) is 7.01. The molecule has 0 amide bonds. The molecular weight excluding hydrogens is 206 g/mol. The van der Waals surface area contributed by atoms with E-state index in [1.54, 1.807) is 13.8 Å². The fourth-order valence-corrected chi connectivity index (χ4v) is 1.41. The summed E-state index contributed by atoms with van der Waals surface area (Å²) < 4.78 is 4.79. The van der Waals surface area contributed by atoms with Crippen LogP contribution >= 0.6 is 0 Å². The highest BCUT2D eigenvalue weighted by Gasteiger charge is 2.18. The maximum absolute atomic E-state index is 11.2. The van der Waals surface area contributed by atoms with E-state index < -0.39 is 5.60 Å². The van der Waals surface area contributed by atoms with E-state index in [-0.39, 0.29) is 5.97 Å². The first-order chi connectivity index (χ1) is 7.43. The molecule has 0 aromatic carbocycles. The molecule has 0 spiro atoms. The Morgan fingerprint density at radius 2 is 2.12 bits per heavy atom. The van der Waals surface area contributed by atoms with Crippen LogP contribution in [0.15, 0.2) is 12.2 Å². The third kappa shape index (κ3) is 6.58. The number of carbonyl (C=O) groups excluding carboxylic acids is 1. The van der Waals surface area contributed by atoms with Crippen molar-refractivity contribution in [3.05, 3.63) is 12.2 Å². The van der Waals surface area contributed by atoms with Crippen molar-refractivity contribution in [1.82, 2.24) is 5.32 Å². The standard InChI is InChI=1S/C12H23NO3/c1-5-7-12(4,15)9-13-8-10(3)11(14)16-6-2/h13,15H,3,5-9H2,1-2,4H3. The maximum atomic E-state index is 11.2. The van der Waals surface area contributed by atoms with E-state index in [1.165, 1.54) is 0 Å². The van der Waals surface area contributed by atoms with Gasteiger partial charge in [-0.1, -0.05) is 19.9 Å². The molecule has 4 heteroatoms. The molecule has 0 aliphatic rings. The van der Waals surface area contributed by atoms with Gasteiger partial charge in [0.15, 0.2) is 0 Å². The van der Waals surface area contributed by atoms with Crippen LogP contribution in [0.25, 0.3) is 0 Å². The molecule has 0 saturated heterocycles. The van der Waals surface area contributed by atoms with Gasteiger partial charge in [-0.05, 0) is 20.3 Å². The summed E-state index contributed by atoms with van der Waals surface area (Å²) in [7, 11) is 0. The van der Waals surface area contributed by atoms with Gasteiger partial charge >= 0.3 is 5.97 Å². The topological polar surface area (TPSA) is 58.6 Å². The van der Waals surface area contributed by atoms with E-state index in [0.717, 1.165) is 12.8 Å². The number of esters is 1. The lowest BCUT2D eigenvalue weighted by Crippen LogP contribution is -2.38. The van der Waals surface area contributed by atoms with Crippen LogP contribution in [0, 0.1) is 0 Å². The Morgan fingerprint density at radius 3 is 2.62 bits per heavy atom. The van der Waals surface area contributed by atoms with Crippen molar-refractivity contribution < 1.29 is 14.6 Å². The second-order valence-corrected chi connectivity index (χ2v) is 4.17. The highest BCUT2D eigenvalue weighted by atomic mass is 16.5. The Morgan fingerprint density at radius 1 is 1.50 bits per heavy atom. The molecule has 0 radical (unpaired) electrons. The molecule has 1 unspecified atom stereocenters. The number of hydrogen-bond acceptors (Lipinski definition) is 4. The monoisotopic (exact) mass is 229 g/mol. The number of ether oxygens (including phenoxy) is 1. The molecule has 2 N–H and O–H groups in total. The second-order valence-electron chi connectivity index (χ2n) is 4.17. The van der Waals surface area contributed by atoms with Crippen LogP contribution in [-0.4, -0.2) is 36.4 Å². The Hall–Kier alpha value is -0.870. The van der Waals surface area contributed by atoms with Gasteiger partial charge in [-0.15, -0.1) is 0 Å². The largest absolute Gasteiger partial charge is 0.463 e. The predicted molar refractivity (Wildman–Crippen MR) is 64.2 cm³/mol. The Bertz CT molecular complexity index is 236. The van der Waals surface area contributed by atoms with Crippen molar-refractivity contribution in [2.45, 2.75) is 39.2 Å². The van der Waals surface area contributed by atoms with Crippen LogP contribution in [0.4, 0.5) is 0 Å². The lowest BCUT2D eigenvalue weighted by atomic mass is 10.0. The van der Waals surface area contributed by atoms with Gasteiger partial charge in [0.1, 0.15) is 0 Å². The number of nitrogens with one attached hydrogen (secondary N) is 1. The highest BCUT2D eigenvalue weighted by molar-refractivity contribution is 5.88. The van der Waals surface area contributed by atoms with Crippen LogP contribution in [0.3, 0.4) is 0 Å². The van der Waals surface area contributed by atoms with Crippen molar-refractivity contribution in [2.24, 2.45) is 0 Å². The summed E-state index contributed by atoms with van der Waals surface area (Å²) in [5, 5.41) is 12.9. The fraction of sp³-hybridized carbons (Fsp3) is 0.750. The van der Waals surface area contributed by atoms with Gasteiger partial charge in [0.2, 0.25) is 0 Å². The number of carbonyl (C=O) groups is 1. The minimum Gasteiger partial charge on any atom is -0.463 e. The zero-order valence-corrected chi connectivity index (χ0v) is 10.5. The summed E-state index contributed by atoms with van der Waals surface area (Å²) in [4.78, 5) is 11.2. The quantitative estimate of drug-likeness (QED) is 0.486. The van der Waals surface area contributed by atoms with E-state index in [1.807, 2.05) is 6.92 Å². The third-order valence-electron chi connectivity index (χ3n) is 2.20. The smallest absolute Gasteiger partial charge is 0.334 e. The van der Waals surface area contributed by atoms with Gasteiger partial charge < -0.3 is 15.2 Å².